The van der Waals surface area contributed by atoms with E-state index in [0.717, 1.165) is 17.0 Å². The number of rotatable bonds is 6. The summed E-state index contributed by atoms with van der Waals surface area (Å²) >= 11 is 0. The minimum atomic E-state index is -0.448. The van der Waals surface area contributed by atoms with Gasteiger partial charge in [-0.1, -0.05) is 42.0 Å². The van der Waals surface area contributed by atoms with Gasteiger partial charge in [-0.25, -0.2) is 5.43 Å². The van der Waals surface area contributed by atoms with E-state index < -0.39 is 6.04 Å². The maximum absolute atomic E-state index is 12.2. The van der Waals surface area contributed by atoms with E-state index in [-0.39, 0.29) is 5.91 Å². The topological polar surface area (TPSA) is 62.7 Å². The number of hydrogen-bond donors (Lipinski definition) is 2. The number of benzene rings is 2. The fourth-order valence-corrected chi connectivity index (χ4v) is 2.16. The van der Waals surface area contributed by atoms with Crippen molar-refractivity contribution in [3.63, 3.8) is 0 Å². The van der Waals surface area contributed by atoms with Gasteiger partial charge >= 0.3 is 0 Å². The lowest BCUT2D eigenvalue weighted by molar-refractivity contribution is -0.121. The third-order valence-electron chi connectivity index (χ3n) is 3.68. The maximum atomic E-state index is 12.2. The van der Waals surface area contributed by atoms with Crippen molar-refractivity contribution >= 4 is 17.3 Å². The van der Waals surface area contributed by atoms with Crippen molar-refractivity contribution in [3.8, 4) is 5.75 Å². The zero-order valence-electron chi connectivity index (χ0n) is 14.5. The Hall–Kier alpha value is -2.82. The first-order valence-electron chi connectivity index (χ1n) is 7.82. The van der Waals surface area contributed by atoms with Gasteiger partial charge in [-0.2, -0.15) is 5.10 Å². The highest BCUT2D eigenvalue weighted by Gasteiger charge is 2.14. The molecule has 0 saturated carbocycles. The highest BCUT2D eigenvalue weighted by Crippen LogP contribution is 2.23. The van der Waals surface area contributed by atoms with Gasteiger partial charge < -0.3 is 10.1 Å². The number of anilines is 1. The number of hydrogen-bond acceptors (Lipinski definition) is 4. The monoisotopic (exact) mass is 325 g/mol. The highest BCUT2D eigenvalue weighted by atomic mass is 16.5. The summed E-state index contributed by atoms with van der Waals surface area (Å²) in [5, 5.41) is 7.30. The fraction of sp³-hybridized carbons (Fsp3) is 0.263. The number of nitrogens with zero attached hydrogens (tertiary/aromatic N) is 1. The van der Waals surface area contributed by atoms with E-state index in [2.05, 4.69) is 15.8 Å². The molecule has 2 rings (SSSR count). The fourth-order valence-electron chi connectivity index (χ4n) is 2.16. The molecule has 5 nitrogen and oxygen atoms in total. The van der Waals surface area contributed by atoms with Gasteiger partial charge in [-0.15, -0.1) is 0 Å². The molecule has 1 unspecified atom stereocenters. The molecule has 1 amide bonds. The standard InChI is InChI=1S/C19H23N3O2/c1-13-9-11-16(12-10-13)14(2)21-22-19(23)15(3)20-17-7-5-6-8-18(17)24-4/h5-12,15,20H,1-4H3,(H,22,23)/b21-14+. The summed E-state index contributed by atoms with van der Waals surface area (Å²) in [5.74, 6) is 0.476. The summed E-state index contributed by atoms with van der Waals surface area (Å²) < 4.78 is 5.27. The van der Waals surface area contributed by atoms with E-state index in [1.54, 1.807) is 14.0 Å². The van der Waals surface area contributed by atoms with Crippen LogP contribution in [-0.4, -0.2) is 24.8 Å². The molecule has 5 heteroatoms. The number of para-hydroxylation sites is 2. The van der Waals surface area contributed by atoms with Crippen molar-refractivity contribution in [1.82, 2.24) is 5.43 Å². The van der Waals surface area contributed by atoms with Gasteiger partial charge in [0.15, 0.2) is 0 Å². The average molecular weight is 325 g/mol. The Morgan fingerprint density at radius 1 is 1.12 bits per heavy atom. The van der Waals surface area contributed by atoms with Crippen LogP contribution in [0.25, 0.3) is 0 Å². The van der Waals surface area contributed by atoms with Crippen LogP contribution in [0, 0.1) is 6.92 Å². The Labute approximate surface area is 142 Å². The van der Waals surface area contributed by atoms with E-state index in [1.807, 2.05) is 62.4 Å². The Bertz CT molecular complexity index is 724. The second-order valence-corrected chi connectivity index (χ2v) is 5.61. The van der Waals surface area contributed by atoms with Crippen LogP contribution in [-0.2, 0) is 4.79 Å². The van der Waals surface area contributed by atoms with Gasteiger partial charge in [0.1, 0.15) is 11.8 Å². The third kappa shape index (κ3) is 4.59. The van der Waals surface area contributed by atoms with Crippen molar-refractivity contribution in [2.24, 2.45) is 5.10 Å². The van der Waals surface area contributed by atoms with Crippen LogP contribution in [0.3, 0.4) is 0 Å². The maximum Gasteiger partial charge on any atom is 0.262 e. The van der Waals surface area contributed by atoms with Gasteiger partial charge in [-0.05, 0) is 38.5 Å². The summed E-state index contributed by atoms with van der Waals surface area (Å²) in [6, 6.07) is 15.0. The zero-order valence-corrected chi connectivity index (χ0v) is 14.5. The summed E-state index contributed by atoms with van der Waals surface area (Å²) in [5.41, 5.74) is 6.29. The third-order valence-corrected chi connectivity index (χ3v) is 3.68. The minimum Gasteiger partial charge on any atom is -0.495 e. The number of nitrogens with one attached hydrogen (secondary N) is 2. The molecule has 2 aromatic rings. The molecule has 2 N–H and O–H groups in total. The molecule has 2 aromatic carbocycles. The number of hydrazone groups is 1. The van der Waals surface area contributed by atoms with Crippen molar-refractivity contribution < 1.29 is 9.53 Å². The molecule has 24 heavy (non-hydrogen) atoms. The van der Waals surface area contributed by atoms with Gasteiger partial charge in [0.25, 0.3) is 5.91 Å². The number of carbonyl (C=O) groups is 1. The van der Waals surface area contributed by atoms with Crippen LogP contribution < -0.4 is 15.5 Å². The quantitative estimate of drug-likeness (QED) is 0.632. The van der Waals surface area contributed by atoms with E-state index in [0.29, 0.717) is 5.75 Å². The van der Waals surface area contributed by atoms with Gasteiger partial charge in [-0.3, -0.25) is 4.79 Å². The predicted octanol–water partition coefficient (Wildman–Crippen LogP) is 3.34. The lowest BCUT2D eigenvalue weighted by Gasteiger charge is -2.16. The number of aryl methyl sites for hydroxylation is 1. The van der Waals surface area contributed by atoms with E-state index >= 15 is 0 Å². The van der Waals surface area contributed by atoms with Crippen molar-refractivity contribution in [1.29, 1.82) is 0 Å². The van der Waals surface area contributed by atoms with Crippen molar-refractivity contribution in [2.45, 2.75) is 26.8 Å². The smallest absolute Gasteiger partial charge is 0.262 e. The molecule has 0 spiro atoms. The molecule has 0 fully saturated rings. The first-order valence-corrected chi connectivity index (χ1v) is 7.82. The van der Waals surface area contributed by atoms with Crippen LogP contribution in [0.1, 0.15) is 25.0 Å². The second kappa shape index (κ2) is 8.15. The molecule has 0 aromatic heterocycles. The number of amides is 1. The average Bonchev–Trinajstić information content (AvgIpc) is 2.60. The number of carbonyl (C=O) groups excluding carboxylic acids is 1. The normalized spacial score (nSPS) is 12.4. The Morgan fingerprint density at radius 3 is 2.46 bits per heavy atom. The summed E-state index contributed by atoms with van der Waals surface area (Å²) in [7, 11) is 1.60. The van der Waals surface area contributed by atoms with Crippen LogP contribution in [0.15, 0.2) is 53.6 Å². The molecule has 0 radical (unpaired) electrons. The SMILES string of the molecule is COc1ccccc1NC(C)C(=O)N/N=C(\C)c1ccc(C)cc1. The number of ether oxygens (including phenoxy) is 1. The van der Waals surface area contributed by atoms with E-state index in [1.165, 1.54) is 5.56 Å². The van der Waals surface area contributed by atoms with E-state index in [9.17, 15) is 4.79 Å². The Balaban J connectivity index is 1.98. The first-order chi connectivity index (χ1) is 11.5. The molecule has 0 aliphatic carbocycles. The predicted molar refractivity (Wildman–Crippen MR) is 97.6 cm³/mol. The van der Waals surface area contributed by atoms with Crippen LogP contribution >= 0.6 is 0 Å². The molecular weight excluding hydrogens is 302 g/mol. The van der Waals surface area contributed by atoms with Crippen molar-refractivity contribution in [2.75, 3.05) is 12.4 Å². The molecule has 126 valence electrons. The Morgan fingerprint density at radius 2 is 1.79 bits per heavy atom. The summed E-state index contributed by atoms with van der Waals surface area (Å²) in [6.45, 7) is 5.67. The molecule has 1 atom stereocenters. The van der Waals surface area contributed by atoms with Crippen LogP contribution in [0.2, 0.25) is 0 Å². The lowest BCUT2D eigenvalue weighted by atomic mass is 10.1. The number of methoxy groups -OCH3 is 1. The van der Waals surface area contributed by atoms with Gasteiger partial charge in [0.2, 0.25) is 0 Å². The Kier molecular flexibility index (Phi) is 5.95. The molecule has 0 bridgehead atoms. The van der Waals surface area contributed by atoms with Crippen molar-refractivity contribution in [3.05, 3.63) is 59.7 Å². The summed E-state index contributed by atoms with van der Waals surface area (Å²) in [4.78, 5) is 12.2. The van der Waals surface area contributed by atoms with Crippen LogP contribution in [0.4, 0.5) is 5.69 Å². The molecule has 0 aliphatic rings. The zero-order chi connectivity index (χ0) is 17.5. The van der Waals surface area contributed by atoms with Gasteiger partial charge in [0, 0.05) is 0 Å². The molecule has 0 aliphatic heterocycles. The second-order valence-electron chi connectivity index (χ2n) is 5.61. The molecule has 0 heterocycles. The first kappa shape index (κ1) is 17.5. The molecule has 0 saturated heterocycles. The summed E-state index contributed by atoms with van der Waals surface area (Å²) in [6.07, 6.45) is 0. The van der Waals surface area contributed by atoms with E-state index in [4.69, 9.17) is 4.74 Å². The lowest BCUT2D eigenvalue weighted by Crippen LogP contribution is -2.35. The minimum absolute atomic E-state index is 0.215. The largest absolute Gasteiger partial charge is 0.495 e. The highest BCUT2D eigenvalue weighted by molar-refractivity contribution is 5.99. The van der Waals surface area contributed by atoms with Gasteiger partial charge in [0.05, 0.1) is 18.5 Å². The van der Waals surface area contributed by atoms with Crippen LogP contribution in [0.5, 0.6) is 5.75 Å². The molecular formula is C19H23N3O2.